The summed E-state index contributed by atoms with van der Waals surface area (Å²) >= 11 is 4.52. The van der Waals surface area contributed by atoms with E-state index < -0.39 is 0 Å². The lowest BCUT2D eigenvalue weighted by Gasteiger charge is -1.99. The van der Waals surface area contributed by atoms with Crippen molar-refractivity contribution in [2.24, 2.45) is 0 Å². The Bertz CT molecular complexity index is 616. The molecule has 2 N–H and O–H groups in total. The third kappa shape index (κ3) is 5.38. The van der Waals surface area contributed by atoms with Crippen LogP contribution >= 0.6 is 45.7 Å². The van der Waals surface area contributed by atoms with Crippen LogP contribution in [0.4, 0.5) is 5.00 Å². The number of aryl methyl sites for hydroxylation is 2. The number of esters is 2. The molecular formula is C14H18IN3O4S2. The Kier molecular flexibility index (Phi) is 8.56. The largest absolute Gasteiger partial charge is 0.462 e. The van der Waals surface area contributed by atoms with Gasteiger partial charge in [0.05, 0.1) is 24.6 Å². The highest BCUT2D eigenvalue weighted by molar-refractivity contribution is 14.1. The molecule has 0 atom stereocenters. The number of halogens is 1. The number of carbonyl (C=O) groups is 2. The summed E-state index contributed by atoms with van der Waals surface area (Å²) in [6, 6.07) is 0. The Hall–Kier alpha value is -1.27. The lowest BCUT2D eigenvalue weighted by atomic mass is 10.2. The molecule has 0 aliphatic rings. The standard InChI is InChI=1S/C7H8INO2S.C7H10N2O2S/c2*1-3-11-7(10)5-4(2)9-12-6(5)8/h3H2,1-2H3;3,8H2,1-2H3. The summed E-state index contributed by atoms with van der Waals surface area (Å²) < 4.78 is 18.5. The maximum atomic E-state index is 11.3. The molecule has 0 aromatic carbocycles. The minimum atomic E-state index is -0.388. The quantitative estimate of drug-likeness (QED) is 0.525. The summed E-state index contributed by atoms with van der Waals surface area (Å²) in [7, 11) is 0. The second kappa shape index (κ2) is 9.89. The summed E-state index contributed by atoms with van der Waals surface area (Å²) in [6.07, 6.45) is 0. The van der Waals surface area contributed by atoms with E-state index in [0.29, 0.717) is 35.0 Å². The topological polar surface area (TPSA) is 104 Å². The van der Waals surface area contributed by atoms with Crippen LogP contribution < -0.4 is 5.73 Å². The SMILES string of the molecule is CCOC(=O)c1c(C)nsc1I.CCOC(=O)c1c(C)nsc1N. The number of aromatic nitrogens is 2. The Labute approximate surface area is 162 Å². The van der Waals surface area contributed by atoms with E-state index in [1.165, 1.54) is 11.5 Å². The number of rotatable bonds is 4. The smallest absolute Gasteiger partial charge is 0.343 e. The molecule has 0 spiro atoms. The second-order valence-corrected chi connectivity index (χ2v) is 7.75. The normalized spacial score (nSPS) is 9.88. The Morgan fingerprint density at radius 2 is 1.46 bits per heavy atom. The number of nitrogens with zero attached hydrogens (tertiary/aromatic N) is 2. The average molecular weight is 483 g/mol. The summed E-state index contributed by atoms with van der Waals surface area (Å²) in [5, 5.41) is 0.422. The molecule has 0 aliphatic heterocycles. The molecule has 0 unspecified atom stereocenters. The highest BCUT2D eigenvalue weighted by Gasteiger charge is 2.17. The molecule has 0 bridgehead atoms. The van der Waals surface area contributed by atoms with Gasteiger partial charge in [0, 0.05) is 0 Å². The van der Waals surface area contributed by atoms with E-state index in [1.807, 2.05) is 6.92 Å². The van der Waals surface area contributed by atoms with Gasteiger partial charge in [0.15, 0.2) is 0 Å². The monoisotopic (exact) mass is 483 g/mol. The molecule has 2 rings (SSSR count). The average Bonchev–Trinajstić information content (AvgIpc) is 3.02. The molecular weight excluding hydrogens is 465 g/mol. The highest BCUT2D eigenvalue weighted by Crippen LogP contribution is 2.21. The van der Waals surface area contributed by atoms with Crippen LogP contribution in [0.15, 0.2) is 0 Å². The minimum Gasteiger partial charge on any atom is -0.462 e. The van der Waals surface area contributed by atoms with Gasteiger partial charge in [-0.25, -0.2) is 9.59 Å². The summed E-state index contributed by atoms with van der Waals surface area (Å²) in [5.74, 6) is -0.658. The van der Waals surface area contributed by atoms with E-state index in [0.717, 1.165) is 20.1 Å². The van der Waals surface area contributed by atoms with Crippen LogP contribution in [0.25, 0.3) is 0 Å². The molecule has 0 amide bonds. The number of hydrogen-bond acceptors (Lipinski definition) is 9. The fourth-order valence-corrected chi connectivity index (χ4v) is 3.80. The number of nitrogens with two attached hydrogens (primary N) is 1. The Morgan fingerprint density at radius 3 is 1.83 bits per heavy atom. The van der Waals surface area contributed by atoms with Gasteiger partial charge in [-0.3, -0.25) is 0 Å². The number of ether oxygens (including phenoxy) is 2. The zero-order valence-electron chi connectivity index (χ0n) is 13.7. The van der Waals surface area contributed by atoms with Crippen LogP contribution in [0.2, 0.25) is 0 Å². The number of anilines is 1. The number of nitrogen functional groups attached to an aromatic ring is 1. The van der Waals surface area contributed by atoms with E-state index in [-0.39, 0.29) is 11.9 Å². The van der Waals surface area contributed by atoms with Gasteiger partial charge < -0.3 is 15.2 Å². The molecule has 0 saturated heterocycles. The third-order valence-electron chi connectivity index (χ3n) is 2.67. The lowest BCUT2D eigenvalue weighted by molar-refractivity contribution is 0.0516. The van der Waals surface area contributed by atoms with Crippen molar-refractivity contribution in [1.29, 1.82) is 0 Å². The van der Waals surface area contributed by atoms with Gasteiger partial charge in [-0.15, -0.1) is 0 Å². The molecule has 132 valence electrons. The molecule has 0 fully saturated rings. The molecule has 2 heterocycles. The van der Waals surface area contributed by atoms with Crippen LogP contribution in [0.1, 0.15) is 46.0 Å². The van der Waals surface area contributed by atoms with Crippen molar-refractivity contribution in [3.63, 3.8) is 0 Å². The first-order valence-electron chi connectivity index (χ1n) is 7.01. The van der Waals surface area contributed by atoms with Crippen LogP contribution in [-0.4, -0.2) is 33.9 Å². The van der Waals surface area contributed by atoms with Crippen LogP contribution in [0.5, 0.6) is 0 Å². The molecule has 0 radical (unpaired) electrons. The van der Waals surface area contributed by atoms with Gasteiger partial charge in [0.2, 0.25) is 0 Å². The molecule has 0 aliphatic carbocycles. The first kappa shape index (κ1) is 20.8. The number of hydrogen-bond donors (Lipinski definition) is 1. The zero-order chi connectivity index (χ0) is 18.3. The van der Waals surface area contributed by atoms with Crippen molar-refractivity contribution < 1.29 is 19.1 Å². The summed E-state index contributed by atoms with van der Waals surface area (Å²) in [5.41, 5.74) is 7.93. The molecule has 7 nitrogen and oxygen atoms in total. The minimum absolute atomic E-state index is 0.270. The zero-order valence-corrected chi connectivity index (χ0v) is 17.5. The predicted molar refractivity (Wildman–Crippen MR) is 103 cm³/mol. The van der Waals surface area contributed by atoms with Crippen LogP contribution in [0, 0.1) is 16.7 Å². The van der Waals surface area contributed by atoms with Crippen molar-refractivity contribution in [2.45, 2.75) is 27.7 Å². The maximum Gasteiger partial charge on any atom is 0.343 e. The maximum absolute atomic E-state index is 11.3. The van der Waals surface area contributed by atoms with Crippen molar-refractivity contribution >= 4 is 62.6 Å². The van der Waals surface area contributed by atoms with Gasteiger partial charge in [-0.1, -0.05) is 0 Å². The Balaban J connectivity index is 0.000000240. The van der Waals surface area contributed by atoms with E-state index >= 15 is 0 Å². The van der Waals surface area contributed by atoms with Gasteiger partial charge >= 0.3 is 11.9 Å². The van der Waals surface area contributed by atoms with Gasteiger partial charge in [-0.2, -0.15) is 8.75 Å². The summed E-state index contributed by atoms with van der Waals surface area (Å²) in [6.45, 7) is 7.85. The summed E-state index contributed by atoms with van der Waals surface area (Å²) in [4.78, 5) is 22.5. The van der Waals surface area contributed by atoms with Gasteiger partial charge in [0.1, 0.15) is 19.0 Å². The molecule has 2 aromatic heterocycles. The van der Waals surface area contributed by atoms with Crippen molar-refractivity contribution in [3.8, 4) is 0 Å². The highest BCUT2D eigenvalue weighted by atomic mass is 127. The second-order valence-electron chi connectivity index (χ2n) is 4.36. The molecule has 0 saturated carbocycles. The van der Waals surface area contributed by atoms with Crippen LogP contribution in [-0.2, 0) is 9.47 Å². The Morgan fingerprint density at radius 1 is 1.00 bits per heavy atom. The van der Waals surface area contributed by atoms with Gasteiger partial charge in [-0.05, 0) is 73.4 Å². The lowest BCUT2D eigenvalue weighted by Crippen LogP contribution is -2.07. The predicted octanol–water partition coefficient (Wildman–Crippen LogP) is 3.44. The number of carbonyl (C=O) groups excluding carboxylic acids is 2. The first-order chi connectivity index (χ1) is 11.3. The van der Waals surface area contributed by atoms with Crippen molar-refractivity contribution in [1.82, 2.24) is 8.75 Å². The van der Waals surface area contributed by atoms with Gasteiger partial charge in [0.25, 0.3) is 0 Å². The van der Waals surface area contributed by atoms with E-state index in [9.17, 15) is 9.59 Å². The molecule has 24 heavy (non-hydrogen) atoms. The fraction of sp³-hybridized carbons (Fsp3) is 0.429. The van der Waals surface area contributed by atoms with E-state index in [1.54, 1.807) is 20.8 Å². The molecule has 2 aromatic rings. The van der Waals surface area contributed by atoms with E-state index in [2.05, 4.69) is 31.3 Å². The fourth-order valence-electron chi connectivity index (χ4n) is 1.61. The molecule has 10 heteroatoms. The van der Waals surface area contributed by atoms with E-state index in [4.69, 9.17) is 15.2 Å². The van der Waals surface area contributed by atoms with Crippen molar-refractivity contribution in [2.75, 3.05) is 18.9 Å². The first-order valence-corrected chi connectivity index (χ1v) is 9.63. The third-order valence-corrected chi connectivity index (χ3v) is 5.30. The van der Waals surface area contributed by atoms with Crippen molar-refractivity contribution in [3.05, 3.63) is 25.4 Å². The van der Waals surface area contributed by atoms with Crippen LogP contribution in [0.3, 0.4) is 0 Å².